The Morgan fingerprint density at radius 2 is 2.25 bits per heavy atom. The zero-order valence-electron chi connectivity index (χ0n) is 10.7. The normalized spacial score (nSPS) is 12.4. The number of benzene rings is 1. The summed E-state index contributed by atoms with van der Waals surface area (Å²) in [6, 6.07) is 5.63. The molecule has 1 aliphatic heterocycles. The Morgan fingerprint density at radius 3 is 3.05 bits per heavy atom. The van der Waals surface area contributed by atoms with Gasteiger partial charge in [-0.1, -0.05) is 6.07 Å². The lowest BCUT2D eigenvalue weighted by Gasteiger charge is -2.06. The van der Waals surface area contributed by atoms with E-state index in [9.17, 15) is 4.79 Å². The van der Waals surface area contributed by atoms with Crippen LogP contribution in [0.25, 0.3) is 0 Å². The quantitative estimate of drug-likeness (QED) is 0.901. The minimum atomic E-state index is -0.968. The molecule has 0 unspecified atom stereocenters. The van der Waals surface area contributed by atoms with Crippen molar-refractivity contribution >= 4 is 22.5 Å². The molecule has 0 saturated carbocycles. The third kappa shape index (κ3) is 2.27. The van der Waals surface area contributed by atoms with Gasteiger partial charge in [0.25, 0.3) is 0 Å². The molecule has 0 amide bonds. The molecule has 104 valence electrons. The molecule has 6 nitrogen and oxygen atoms in total. The second kappa shape index (κ2) is 5.01. The van der Waals surface area contributed by atoms with E-state index in [4.69, 9.17) is 14.6 Å². The van der Waals surface area contributed by atoms with Crippen molar-refractivity contribution in [3.8, 4) is 11.5 Å². The Labute approximate surface area is 119 Å². The van der Waals surface area contributed by atoms with Gasteiger partial charge >= 0.3 is 5.97 Å². The summed E-state index contributed by atoms with van der Waals surface area (Å²) in [6.07, 6.45) is 0. The summed E-state index contributed by atoms with van der Waals surface area (Å²) < 4.78 is 14.6. The van der Waals surface area contributed by atoms with E-state index in [-0.39, 0.29) is 12.4 Å². The number of aromatic nitrogens is 1. The van der Waals surface area contributed by atoms with Gasteiger partial charge in [0.2, 0.25) is 6.79 Å². The van der Waals surface area contributed by atoms with Gasteiger partial charge in [-0.25, -0.2) is 4.79 Å². The van der Waals surface area contributed by atoms with Crippen LogP contribution in [-0.4, -0.2) is 22.2 Å². The van der Waals surface area contributed by atoms with Crippen LogP contribution in [-0.2, 0) is 6.54 Å². The van der Waals surface area contributed by atoms with Gasteiger partial charge in [-0.3, -0.25) is 0 Å². The number of carboxylic acids is 1. The van der Waals surface area contributed by atoms with Crippen LogP contribution in [0.15, 0.2) is 18.2 Å². The largest absolute Gasteiger partial charge is 0.478 e. The number of nitrogens with zero attached hydrogens (tertiary/aromatic N) is 1. The Bertz CT molecular complexity index is 668. The van der Waals surface area contributed by atoms with Crippen molar-refractivity contribution in [2.24, 2.45) is 0 Å². The van der Waals surface area contributed by atoms with Crippen molar-refractivity contribution in [1.29, 1.82) is 0 Å². The van der Waals surface area contributed by atoms with Crippen LogP contribution < -0.4 is 14.8 Å². The lowest BCUT2D eigenvalue weighted by Crippen LogP contribution is -2.04. The minimum Gasteiger partial charge on any atom is -0.478 e. The van der Waals surface area contributed by atoms with Crippen molar-refractivity contribution in [3.05, 3.63) is 35.0 Å². The smallest absolute Gasteiger partial charge is 0.340 e. The van der Waals surface area contributed by atoms with E-state index < -0.39 is 5.97 Å². The molecule has 1 aromatic heterocycles. The van der Waals surface area contributed by atoms with Gasteiger partial charge in [0, 0.05) is 6.54 Å². The number of anilines is 1. The van der Waals surface area contributed by atoms with Crippen LogP contribution in [0.4, 0.5) is 5.00 Å². The van der Waals surface area contributed by atoms with E-state index in [0.717, 1.165) is 22.8 Å². The van der Waals surface area contributed by atoms with E-state index in [1.54, 1.807) is 6.92 Å². The molecule has 0 atom stereocenters. The number of aryl methyl sites for hydroxylation is 1. The topological polar surface area (TPSA) is 80.7 Å². The van der Waals surface area contributed by atoms with Gasteiger partial charge in [0.05, 0.1) is 5.69 Å². The second-order valence-electron chi connectivity index (χ2n) is 4.32. The standard InChI is InChI=1S/C13H12N2O4S/c1-7-11(13(16)17)12(20-15-7)14-5-8-2-3-9-10(4-8)19-6-18-9/h2-4,14H,5-6H2,1H3,(H,16,17). The molecule has 1 aliphatic rings. The summed E-state index contributed by atoms with van der Waals surface area (Å²) in [7, 11) is 0. The van der Waals surface area contributed by atoms with Crippen molar-refractivity contribution in [3.63, 3.8) is 0 Å². The van der Waals surface area contributed by atoms with E-state index in [2.05, 4.69) is 9.69 Å². The number of aromatic carboxylic acids is 1. The summed E-state index contributed by atoms with van der Waals surface area (Å²) >= 11 is 1.15. The number of ether oxygens (including phenoxy) is 2. The van der Waals surface area contributed by atoms with Gasteiger partial charge in [-0.15, -0.1) is 0 Å². The zero-order valence-corrected chi connectivity index (χ0v) is 11.5. The predicted octanol–water partition coefficient (Wildman–Crippen LogP) is 2.49. The number of carbonyl (C=O) groups is 1. The molecular formula is C13H12N2O4S. The summed E-state index contributed by atoms with van der Waals surface area (Å²) in [5.41, 5.74) is 1.74. The average molecular weight is 292 g/mol. The molecule has 3 rings (SSSR count). The SMILES string of the molecule is Cc1nsc(NCc2ccc3c(c2)OCO3)c1C(=O)O. The minimum absolute atomic E-state index is 0.232. The number of rotatable bonds is 4. The first-order valence-electron chi connectivity index (χ1n) is 5.97. The fourth-order valence-electron chi connectivity index (χ4n) is 1.98. The highest BCUT2D eigenvalue weighted by atomic mass is 32.1. The van der Waals surface area contributed by atoms with Gasteiger partial charge in [0.15, 0.2) is 11.5 Å². The van der Waals surface area contributed by atoms with Crippen LogP contribution in [0.3, 0.4) is 0 Å². The summed E-state index contributed by atoms with van der Waals surface area (Å²) in [6.45, 7) is 2.42. The van der Waals surface area contributed by atoms with Crippen molar-refractivity contribution in [1.82, 2.24) is 4.37 Å². The Kier molecular flexibility index (Phi) is 3.19. The first kappa shape index (κ1) is 12.7. The van der Waals surface area contributed by atoms with Crippen molar-refractivity contribution < 1.29 is 19.4 Å². The molecular weight excluding hydrogens is 280 g/mol. The maximum absolute atomic E-state index is 11.2. The molecule has 0 saturated heterocycles. The van der Waals surface area contributed by atoms with Crippen molar-refractivity contribution in [2.75, 3.05) is 12.1 Å². The molecule has 20 heavy (non-hydrogen) atoms. The lowest BCUT2D eigenvalue weighted by atomic mass is 10.2. The molecule has 1 aromatic carbocycles. The molecule has 7 heteroatoms. The lowest BCUT2D eigenvalue weighted by molar-refractivity contribution is 0.0697. The molecule has 2 N–H and O–H groups in total. The average Bonchev–Trinajstić information content (AvgIpc) is 3.01. The number of carboxylic acid groups (broad SMARTS) is 1. The van der Waals surface area contributed by atoms with Crippen LogP contribution in [0.5, 0.6) is 11.5 Å². The molecule has 0 spiro atoms. The monoisotopic (exact) mass is 292 g/mol. The molecule has 2 aromatic rings. The van der Waals surface area contributed by atoms with Crippen LogP contribution in [0.1, 0.15) is 21.6 Å². The van der Waals surface area contributed by atoms with E-state index in [1.807, 2.05) is 18.2 Å². The number of fused-ring (bicyclic) bond motifs is 1. The number of nitrogens with one attached hydrogen (secondary N) is 1. The highest BCUT2D eigenvalue weighted by molar-refractivity contribution is 7.10. The van der Waals surface area contributed by atoms with Crippen LogP contribution in [0, 0.1) is 6.92 Å². The van der Waals surface area contributed by atoms with E-state index in [1.165, 1.54) is 0 Å². The highest BCUT2D eigenvalue weighted by Crippen LogP contribution is 2.33. The number of hydrogen-bond donors (Lipinski definition) is 2. The van der Waals surface area contributed by atoms with Gasteiger partial charge < -0.3 is 19.9 Å². The fourth-order valence-corrected chi connectivity index (χ4v) is 2.76. The summed E-state index contributed by atoms with van der Waals surface area (Å²) in [5.74, 6) is 0.473. The first-order valence-corrected chi connectivity index (χ1v) is 6.74. The molecule has 0 aliphatic carbocycles. The second-order valence-corrected chi connectivity index (χ2v) is 5.09. The van der Waals surface area contributed by atoms with E-state index >= 15 is 0 Å². The Hall–Kier alpha value is -2.28. The van der Waals surface area contributed by atoms with Gasteiger partial charge in [-0.2, -0.15) is 4.37 Å². The zero-order chi connectivity index (χ0) is 14.1. The Balaban J connectivity index is 1.75. The van der Waals surface area contributed by atoms with Crippen LogP contribution >= 0.6 is 11.5 Å². The maximum Gasteiger partial charge on any atom is 0.340 e. The third-order valence-corrected chi connectivity index (χ3v) is 3.86. The fraction of sp³-hybridized carbons (Fsp3) is 0.231. The molecule has 0 radical (unpaired) electrons. The highest BCUT2D eigenvalue weighted by Gasteiger charge is 2.18. The number of hydrogen-bond acceptors (Lipinski definition) is 6. The summed E-state index contributed by atoms with van der Waals surface area (Å²) in [5, 5.41) is 12.8. The van der Waals surface area contributed by atoms with E-state index in [0.29, 0.717) is 23.0 Å². The molecule has 2 heterocycles. The first-order chi connectivity index (χ1) is 9.65. The molecule has 0 bridgehead atoms. The Morgan fingerprint density at radius 1 is 1.45 bits per heavy atom. The molecule has 0 fully saturated rings. The van der Waals surface area contributed by atoms with Gasteiger partial charge in [0.1, 0.15) is 10.6 Å². The van der Waals surface area contributed by atoms with Gasteiger partial charge in [-0.05, 0) is 36.2 Å². The van der Waals surface area contributed by atoms with Crippen LogP contribution in [0.2, 0.25) is 0 Å². The van der Waals surface area contributed by atoms with Crippen molar-refractivity contribution in [2.45, 2.75) is 13.5 Å². The summed E-state index contributed by atoms with van der Waals surface area (Å²) in [4.78, 5) is 11.2. The predicted molar refractivity (Wildman–Crippen MR) is 73.7 cm³/mol. The maximum atomic E-state index is 11.2. The third-order valence-electron chi connectivity index (χ3n) is 2.97.